The van der Waals surface area contributed by atoms with Crippen LogP contribution in [-0.4, -0.2) is 17.1 Å². The second-order valence-electron chi connectivity index (χ2n) is 4.67. The molecule has 0 saturated heterocycles. The molecule has 0 radical (unpaired) electrons. The number of aryl methyl sites for hydroxylation is 1. The zero-order chi connectivity index (χ0) is 12.3. The molecule has 1 fully saturated rings. The Balaban J connectivity index is 1.85. The van der Waals surface area contributed by atoms with Gasteiger partial charge in [0.1, 0.15) is 5.69 Å². The van der Waals surface area contributed by atoms with Gasteiger partial charge in [-0.1, -0.05) is 19.3 Å². The molecule has 2 N–H and O–H groups in total. The number of hydrogen-bond acceptors (Lipinski definition) is 3. The van der Waals surface area contributed by atoms with Crippen LogP contribution in [0, 0.1) is 5.92 Å². The van der Waals surface area contributed by atoms with E-state index in [0.717, 1.165) is 18.9 Å². The van der Waals surface area contributed by atoms with Crippen LogP contribution in [0.4, 0.5) is 5.69 Å². The summed E-state index contributed by atoms with van der Waals surface area (Å²) in [5.41, 5.74) is 6.84. The number of nitrogens with two attached hydrogens (primary N) is 1. The molecule has 2 rings (SSSR count). The zero-order valence-corrected chi connectivity index (χ0v) is 10.3. The molecular formula is C13H20N2O2. The van der Waals surface area contributed by atoms with Crippen LogP contribution in [0.2, 0.25) is 0 Å². The zero-order valence-electron chi connectivity index (χ0n) is 10.3. The normalized spacial score (nSPS) is 15.6. The summed E-state index contributed by atoms with van der Waals surface area (Å²) < 4.78 is 7.10. The van der Waals surface area contributed by atoms with E-state index in [4.69, 9.17) is 10.5 Å². The summed E-state index contributed by atoms with van der Waals surface area (Å²) in [7, 11) is 0. The van der Waals surface area contributed by atoms with Crippen molar-refractivity contribution in [1.82, 2.24) is 4.57 Å². The first-order valence-corrected chi connectivity index (χ1v) is 6.33. The monoisotopic (exact) mass is 236 g/mol. The molecule has 17 heavy (non-hydrogen) atoms. The number of nitrogens with zero attached hydrogens (tertiary/aromatic N) is 1. The number of anilines is 1. The van der Waals surface area contributed by atoms with E-state index in [-0.39, 0.29) is 5.97 Å². The number of ether oxygens (including phenoxy) is 1. The maximum absolute atomic E-state index is 11.8. The molecule has 0 bridgehead atoms. The number of carbonyl (C=O) groups excluding carboxylic acids is 1. The smallest absolute Gasteiger partial charge is 0.355 e. The van der Waals surface area contributed by atoms with Crippen LogP contribution in [0.3, 0.4) is 0 Å². The summed E-state index contributed by atoms with van der Waals surface area (Å²) in [6.07, 6.45) is 6.66. The molecule has 0 unspecified atom stereocenters. The van der Waals surface area contributed by atoms with Crippen molar-refractivity contribution in [1.29, 1.82) is 0 Å². The molecule has 1 aromatic rings. The van der Waals surface area contributed by atoms with Crippen molar-refractivity contribution in [2.24, 2.45) is 5.92 Å². The van der Waals surface area contributed by atoms with E-state index in [2.05, 4.69) is 0 Å². The van der Waals surface area contributed by atoms with Gasteiger partial charge in [-0.3, -0.25) is 0 Å². The van der Waals surface area contributed by atoms with Gasteiger partial charge in [0, 0.05) is 12.7 Å². The van der Waals surface area contributed by atoms with E-state index in [1.807, 2.05) is 11.5 Å². The molecule has 4 heteroatoms. The van der Waals surface area contributed by atoms with Crippen LogP contribution in [-0.2, 0) is 11.3 Å². The highest BCUT2D eigenvalue weighted by atomic mass is 16.5. The number of nitrogen functional groups attached to an aromatic ring is 1. The SMILES string of the molecule is CCn1cc(N)cc1C(=O)OCCC1CCC1. The lowest BCUT2D eigenvalue weighted by atomic mass is 9.83. The first-order chi connectivity index (χ1) is 8.20. The molecule has 1 aromatic heterocycles. The van der Waals surface area contributed by atoms with E-state index >= 15 is 0 Å². The van der Waals surface area contributed by atoms with Crippen molar-refractivity contribution < 1.29 is 9.53 Å². The van der Waals surface area contributed by atoms with Crippen LogP contribution in [0.1, 0.15) is 43.1 Å². The predicted octanol–water partition coefficient (Wildman–Crippen LogP) is 2.44. The molecule has 0 atom stereocenters. The second kappa shape index (κ2) is 5.25. The summed E-state index contributed by atoms with van der Waals surface area (Å²) in [5.74, 6) is 0.508. The lowest BCUT2D eigenvalue weighted by Crippen LogP contribution is -2.17. The summed E-state index contributed by atoms with van der Waals surface area (Å²) in [6.45, 7) is 3.23. The van der Waals surface area contributed by atoms with Gasteiger partial charge in [0.25, 0.3) is 0 Å². The van der Waals surface area contributed by atoms with Crippen LogP contribution in [0.25, 0.3) is 0 Å². The fourth-order valence-corrected chi connectivity index (χ4v) is 2.14. The highest BCUT2D eigenvalue weighted by molar-refractivity contribution is 5.89. The predicted molar refractivity (Wildman–Crippen MR) is 66.8 cm³/mol. The average molecular weight is 236 g/mol. The van der Waals surface area contributed by atoms with Crippen LogP contribution in [0.5, 0.6) is 0 Å². The van der Waals surface area contributed by atoms with Gasteiger partial charge in [-0.05, 0) is 25.3 Å². The van der Waals surface area contributed by atoms with Gasteiger partial charge in [-0.25, -0.2) is 4.79 Å². The fourth-order valence-electron chi connectivity index (χ4n) is 2.14. The van der Waals surface area contributed by atoms with E-state index in [1.54, 1.807) is 12.3 Å². The Kier molecular flexibility index (Phi) is 3.71. The van der Waals surface area contributed by atoms with E-state index in [1.165, 1.54) is 19.3 Å². The highest BCUT2D eigenvalue weighted by Crippen LogP contribution is 2.29. The summed E-state index contributed by atoms with van der Waals surface area (Å²) in [6, 6.07) is 1.68. The number of rotatable bonds is 5. The standard InChI is InChI=1S/C13H20N2O2/c1-2-15-9-11(14)8-12(15)13(16)17-7-6-10-4-3-5-10/h8-10H,2-7,14H2,1H3. The van der Waals surface area contributed by atoms with Crippen LogP contribution < -0.4 is 5.73 Å². The number of aromatic nitrogens is 1. The van der Waals surface area contributed by atoms with E-state index in [9.17, 15) is 4.79 Å². The second-order valence-corrected chi connectivity index (χ2v) is 4.67. The Hall–Kier alpha value is -1.45. The van der Waals surface area contributed by atoms with Gasteiger partial charge in [0.15, 0.2) is 0 Å². The van der Waals surface area contributed by atoms with Crippen molar-refractivity contribution >= 4 is 11.7 Å². The Labute approximate surface area is 102 Å². The molecule has 0 spiro atoms. The number of hydrogen-bond donors (Lipinski definition) is 1. The molecule has 0 aromatic carbocycles. The molecule has 94 valence electrons. The van der Waals surface area contributed by atoms with Crippen molar-refractivity contribution in [2.75, 3.05) is 12.3 Å². The number of carbonyl (C=O) groups is 1. The van der Waals surface area contributed by atoms with Gasteiger partial charge in [-0.2, -0.15) is 0 Å². The van der Waals surface area contributed by atoms with Gasteiger partial charge in [0.2, 0.25) is 0 Å². The van der Waals surface area contributed by atoms with Gasteiger partial charge >= 0.3 is 5.97 Å². The van der Waals surface area contributed by atoms with E-state index in [0.29, 0.717) is 18.0 Å². The summed E-state index contributed by atoms with van der Waals surface area (Å²) >= 11 is 0. The van der Waals surface area contributed by atoms with Crippen LogP contribution >= 0.6 is 0 Å². The Morgan fingerprint density at radius 2 is 2.35 bits per heavy atom. The minimum atomic E-state index is -0.261. The summed E-state index contributed by atoms with van der Waals surface area (Å²) in [4.78, 5) is 11.8. The Morgan fingerprint density at radius 1 is 1.59 bits per heavy atom. The minimum Gasteiger partial charge on any atom is -0.461 e. The highest BCUT2D eigenvalue weighted by Gasteiger charge is 2.18. The molecular weight excluding hydrogens is 216 g/mol. The molecule has 4 nitrogen and oxygen atoms in total. The average Bonchev–Trinajstić information content (AvgIpc) is 2.63. The third-order valence-corrected chi connectivity index (χ3v) is 3.45. The molecule has 1 aliphatic carbocycles. The first kappa shape index (κ1) is 12.0. The van der Waals surface area contributed by atoms with Crippen LogP contribution in [0.15, 0.2) is 12.3 Å². The van der Waals surface area contributed by atoms with Crippen molar-refractivity contribution in [3.05, 3.63) is 18.0 Å². The lowest BCUT2D eigenvalue weighted by molar-refractivity contribution is 0.0452. The van der Waals surface area contributed by atoms with Gasteiger partial charge < -0.3 is 15.0 Å². The quantitative estimate of drug-likeness (QED) is 0.799. The third-order valence-electron chi connectivity index (χ3n) is 3.45. The largest absolute Gasteiger partial charge is 0.461 e. The molecule has 0 amide bonds. The van der Waals surface area contributed by atoms with Gasteiger partial charge in [-0.15, -0.1) is 0 Å². The number of esters is 1. The first-order valence-electron chi connectivity index (χ1n) is 6.33. The Bertz CT molecular complexity index is 394. The van der Waals surface area contributed by atoms with Gasteiger partial charge in [0.05, 0.1) is 12.3 Å². The lowest BCUT2D eigenvalue weighted by Gasteiger charge is -2.24. The molecule has 0 aliphatic heterocycles. The van der Waals surface area contributed by atoms with Crippen molar-refractivity contribution in [2.45, 2.75) is 39.2 Å². The third kappa shape index (κ3) is 2.81. The molecule has 1 saturated carbocycles. The maximum Gasteiger partial charge on any atom is 0.355 e. The fraction of sp³-hybridized carbons (Fsp3) is 0.615. The Morgan fingerprint density at radius 3 is 2.94 bits per heavy atom. The van der Waals surface area contributed by atoms with Crippen molar-refractivity contribution in [3.8, 4) is 0 Å². The summed E-state index contributed by atoms with van der Waals surface area (Å²) in [5, 5.41) is 0. The maximum atomic E-state index is 11.8. The molecule has 1 heterocycles. The topological polar surface area (TPSA) is 57.2 Å². The molecule has 1 aliphatic rings. The van der Waals surface area contributed by atoms with Crippen molar-refractivity contribution in [3.63, 3.8) is 0 Å². The minimum absolute atomic E-state index is 0.261. The van der Waals surface area contributed by atoms with E-state index < -0.39 is 0 Å².